The summed E-state index contributed by atoms with van der Waals surface area (Å²) in [5, 5.41) is 2.98. The van der Waals surface area contributed by atoms with Crippen molar-refractivity contribution in [2.75, 3.05) is 39.8 Å². The number of nitrogens with one attached hydrogen (secondary N) is 1. The SMILES string of the molecule is CCc1ccccc1OC(C)C(=O)N1CCN(C(=O)CCNC)CC1. The number of benzene rings is 1. The van der Waals surface area contributed by atoms with Crippen LogP contribution in [0.2, 0.25) is 0 Å². The van der Waals surface area contributed by atoms with Crippen LogP contribution < -0.4 is 10.1 Å². The molecule has 0 spiro atoms. The van der Waals surface area contributed by atoms with Gasteiger partial charge in [-0.25, -0.2) is 0 Å². The Morgan fingerprint density at radius 2 is 1.80 bits per heavy atom. The highest BCUT2D eigenvalue weighted by atomic mass is 16.5. The van der Waals surface area contributed by atoms with Crippen LogP contribution in [0.15, 0.2) is 24.3 Å². The molecule has 1 aromatic rings. The molecule has 2 rings (SSSR count). The number of aryl methyl sites for hydroxylation is 1. The summed E-state index contributed by atoms with van der Waals surface area (Å²) in [6, 6.07) is 7.81. The summed E-state index contributed by atoms with van der Waals surface area (Å²) in [5.41, 5.74) is 1.10. The fourth-order valence-corrected chi connectivity index (χ4v) is 2.98. The number of carbonyl (C=O) groups excluding carboxylic acids is 2. The number of nitrogens with zero attached hydrogens (tertiary/aromatic N) is 2. The van der Waals surface area contributed by atoms with E-state index in [9.17, 15) is 9.59 Å². The van der Waals surface area contributed by atoms with Crippen LogP contribution in [0, 0.1) is 0 Å². The van der Waals surface area contributed by atoms with E-state index in [0.29, 0.717) is 39.1 Å². The molecule has 1 heterocycles. The molecule has 1 saturated heterocycles. The fraction of sp³-hybridized carbons (Fsp3) is 0.579. The summed E-state index contributed by atoms with van der Waals surface area (Å²) in [5.74, 6) is 0.891. The first-order chi connectivity index (χ1) is 12.1. The molecule has 138 valence electrons. The van der Waals surface area contributed by atoms with E-state index in [1.54, 1.807) is 11.8 Å². The highest BCUT2D eigenvalue weighted by Gasteiger charge is 2.27. The number of rotatable bonds is 7. The van der Waals surface area contributed by atoms with Gasteiger partial charge in [0.25, 0.3) is 5.91 Å². The van der Waals surface area contributed by atoms with Gasteiger partial charge in [0.2, 0.25) is 5.91 Å². The Balaban J connectivity index is 1.86. The first-order valence-corrected chi connectivity index (χ1v) is 9.02. The maximum Gasteiger partial charge on any atom is 0.263 e. The molecule has 0 radical (unpaired) electrons. The van der Waals surface area contributed by atoms with Crippen molar-refractivity contribution in [1.82, 2.24) is 15.1 Å². The van der Waals surface area contributed by atoms with Gasteiger partial charge in [-0.3, -0.25) is 9.59 Å². The number of hydrogen-bond donors (Lipinski definition) is 1. The van der Waals surface area contributed by atoms with E-state index in [1.807, 2.05) is 36.2 Å². The van der Waals surface area contributed by atoms with Crippen molar-refractivity contribution in [3.05, 3.63) is 29.8 Å². The lowest BCUT2D eigenvalue weighted by molar-refractivity contribution is -0.143. The largest absolute Gasteiger partial charge is 0.481 e. The Hall–Kier alpha value is -2.08. The lowest BCUT2D eigenvalue weighted by Crippen LogP contribution is -2.53. The zero-order valence-corrected chi connectivity index (χ0v) is 15.5. The predicted octanol–water partition coefficient (Wildman–Crippen LogP) is 1.30. The van der Waals surface area contributed by atoms with Gasteiger partial charge < -0.3 is 19.9 Å². The van der Waals surface area contributed by atoms with E-state index in [4.69, 9.17) is 4.74 Å². The van der Waals surface area contributed by atoms with Crippen LogP contribution in [0.25, 0.3) is 0 Å². The third-order valence-corrected chi connectivity index (χ3v) is 4.54. The van der Waals surface area contributed by atoms with Crippen LogP contribution in [-0.2, 0) is 16.0 Å². The fourth-order valence-electron chi connectivity index (χ4n) is 2.98. The van der Waals surface area contributed by atoms with Crippen molar-refractivity contribution in [3.8, 4) is 5.75 Å². The summed E-state index contributed by atoms with van der Waals surface area (Å²) < 4.78 is 5.90. The third kappa shape index (κ3) is 5.19. The highest BCUT2D eigenvalue weighted by Crippen LogP contribution is 2.20. The Labute approximate surface area is 150 Å². The van der Waals surface area contributed by atoms with Crippen molar-refractivity contribution in [2.24, 2.45) is 0 Å². The van der Waals surface area contributed by atoms with Crippen LogP contribution in [-0.4, -0.2) is 67.5 Å². The molecular formula is C19H29N3O3. The van der Waals surface area contributed by atoms with Gasteiger partial charge in [-0.1, -0.05) is 25.1 Å². The second-order valence-corrected chi connectivity index (χ2v) is 6.28. The van der Waals surface area contributed by atoms with Gasteiger partial charge in [0, 0.05) is 39.1 Å². The molecule has 1 aliphatic heterocycles. The molecule has 1 unspecified atom stereocenters. The molecule has 1 N–H and O–H groups in total. The standard InChI is InChI=1S/C19H29N3O3/c1-4-16-7-5-6-8-17(16)25-15(2)19(24)22-13-11-21(12-14-22)18(23)9-10-20-3/h5-8,15,20H,4,9-14H2,1-3H3. The zero-order valence-electron chi connectivity index (χ0n) is 15.5. The number of amides is 2. The molecule has 0 bridgehead atoms. The van der Waals surface area contributed by atoms with E-state index < -0.39 is 6.10 Å². The molecule has 1 fully saturated rings. The first-order valence-electron chi connectivity index (χ1n) is 9.02. The number of para-hydroxylation sites is 1. The van der Waals surface area contributed by atoms with Gasteiger partial charge in [0.15, 0.2) is 6.10 Å². The number of hydrogen-bond acceptors (Lipinski definition) is 4. The predicted molar refractivity (Wildman–Crippen MR) is 97.6 cm³/mol. The molecule has 1 atom stereocenters. The maximum atomic E-state index is 12.6. The number of carbonyl (C=O) groups is 2. The van der Waals surface area contributed by atoms with Gasteiger partial charge in [-0.15, -0.1) is 0 Å². The monoisotopic (exact) mass is 347 g/mol. The molecule has 1 aliphatic rings. The van der Waals surface area contributed by atoms with Crippen molar-refractivity contribution >= 4 is 11.8 Å². The molecule has 0 aliphatic carbocycles. The molecule has 6 heteroatoms. The maximum absolute atomic E-state index is 12.6. The van der Waals surface area contributed by atoms with Crippen molar-refractivity contribution in [1.29, 1.82) is 0 Å². The average molecular weight is 347 g/mol. The topological polar surface area (TPSA) is 61.9 Å². The Bertz CT molecular complexity index is 583. The first kappa shape index (κ1) is 19.2. The summed E-state index contributed by atoms with van der Waals surface area (Å²) in [6.07, 6.45) is 0.835. The number of piperazine rings is 1. The van der Waals surface area contributed by atoms with Crippen LogP contribution >= 0.6 is 0 Å². The second-order valence-electron chi connectivity index (χ2n) is 6.28. The second kappa shape index (κ2) is 9.42. The van der Waals surface area contributed by atoms with Crippen LogP contribution in [0.1, 0.15) is 25.8 Å². The molecule has 1 aromatic carbocycles. The molecule has 6 nitrogen and oxygen atoms in total. The van der Waals surface area contributed by atoms with Crippen LogP contribution in [0.3, 0.4) is 0 Å². The van der Waals surface area contributed by atoms with E-state index in [0.717, 1.165) is 17.7 Å². The van der Waals surface area contributed by atoms with E-state index in [-0.39, 0.29) is 11.8 Å². The zero-order chi connectivity index (χ0) is 18.2. The minimum absolute atomic E-state index is 0.0202. The Morgan fingerprint density at radius 1 is 1.16 bits per heavy atom. The highest BCUT2D eigenvalue weighted by molar-refractivity contribution is 5.81. The molecular weight excluding hydrogens is 318 g/mol. The molecule has 2 amide bonds. The van der Waals surface area contributed by atoms with Crippen molar-refractivity contribution in [2.45, 2.75) is 32.8 Å². The van der Waals surface area contributed by atoms with Gasteiger partial charge in [0.05, 0.1) is 0 Å². The normalized spacial score (nSPS) is 15.8. The minimum atomic E-state index is -0.528. The quantitative estimate of drug-likeness (QED) is 0.808. The summed E-state index contributed by atoms with van der Waals surface area (Å²) in [6.45, 7) is 6.84. The van der Waals surface area contributed by atoms with Gasteiger partial charge in [0.1, 0.15) is 5.75 Å². The summed E-state index contributed by atoms with van der Waals surface area (Å²) in [4.78, 5) is 28.3. The van der Waals surface area contributed by atoms with E-state index in [2.05, 4.69) is 12.2 Å². The third-order valence-electron chi connectivity index (χ3n) is 4.54. The molecule has 0 aromatic heterocycles. The molecule has 25 heavy (non-hydrogen) atoms. The van der Waals surface area contributed by atoms with E-state index in [1.165, 1.54) is 0 Å². The lowest BCUT2D eigenvalue weighted by Gasteiger charge is -2.36. The molecule has 0 saturated carbocycles. The lowest BCUT2D eigenvalue weighted by atomic mass is 10.1. The summed E-state index contributed by atoms with van der Waals surface area (Å²) >= 11 is 0. The van der Waals surface area contributed by atoms with Gasteiger partial charge in [-0.2, -0.15) is 0 Å². The smallest absolute Gasteiger partial charge is 0.263 e. The minimum Gasteiger partial charge on any atom is -0.481 e. The van der Waals surface area contributed by atoms with Crippen molar-refractivity contribution in [3.63, 3.8) is 0 Å². The van der Waals surface area contributed by atoms with Crippen LogP contribution in [0.5, 0.6) is 5.75 Å². The Morgan fingerprint density at radius 3 is 2.44 bits per heavy atom. The van der Waals surface area contributed by atoms with Crippen LogP contribution in [0.4, 0.5) is 0 Å². The Kier molecular flexibility index (Phi) is 7.25. The van der Waals surface area contributed by atoms with Gasteiger partial charge >= 0.3 is 0 Å². The van der Waals surface area contributed by atoms with Crippen molar-refractivity contribution < 1.29 is 14.3 Å². The van der Waals surface area contributed by atoms with E-state index >= 15 is 0 Å². The van der Waals surface area contributed by atoms with Gasteiger partial charge in [-0.05, 0) is 32.0 Å². The average Bonchev–Trinajstić information content (AvgIpc) is 2.66. The number of ether oxygens (including phenoxy) is 1. The summed E-state index contributed by atoms with van der Waals surface area (Å²) in [7, 11) is 1.84.